The summed E-state index contributed by atoms with van der Waals surface area (Å²) in [5.74, 6) is -1.59. The third-order valence-corrected chi connectivity index (χ3v) is 3.61. The van der Waals surface area contributed by atoms with E-state index in [1.54, 1.807) is 24.3 Å². The minimum atomic E-state index is -1.09. The fourth-order valence-corrected chi connectivity index (χ4v) is 2.39. The lowest BCUT2D eigenvalue weighted by Gasteiger charge is -2.08. The van der Waals surface area contributed by atoms with Crippen LogP contribution >= 0.6 is 0 Å². The van der Waals surface area contributed by atoms with Crippen LogP contribution in [0.4, 0.5) is 5.69 Å². The number of aliphatic hydroxyl groups is 1. The number of carboxylic acid groups (broad SMARTS) is 1. The first-order chi connectivity index (χ1) is 12.0. The number of nitrogens with zero attached hydrogens (tertiary/aromatic N) is 2. The molecule has 2 heterocycles. The molecule has 0 fully saturated rings. The Morgan fingerprint density at radius 2 is 2.08 bits per heavy atom. The number of nitrogens with one attached hydrogen (secondary N) is 2. The minimum Gasteiger partial charge on any atom is -0.478 e. The molecule has 0 saturated heterocycles. The number of hydrogen-bond donors (Lipinski definition) is 4. The summed E-state index contributed by atoms with van der Waals surface area (Å²) in [4.78, 5) is 34.3. The molecule has 1 amide bonds. The number of rotatable bonds is 5. The van der Waals surface area contributed by atoms with Crippen molar-refractivity contribution in [3.63, 3.8) is 0 Å². The fourth-order valence-electron chi connectivity index (χ4n) is 2.39. The summed E-state index contributed by atoms with van der Waals surface area (Å²) < 4.78 is 0. The van der Waals surface area contributed by atoms with Gasteiger partial charge < -0.3 is 20.5 Å². The highest BCUT2D eigenvalue weighted by atomic mass is 16.4. The average molecular weight is 338 g/mol. The number of aromatic amines is 1. The molecule has 0 saturated carbocycles. The number of fused-ring (bicyclic) bond motifs is 1. The molecular formula is C17H14N4O4. The number of amides is 1. The molecule has 0 aliphatic carbocycles. The number of hydrogen-bond acceptors (Lipinski definition) is 5. The summed E-state index contributed by atoms with van der Waals surface area (Å²) in [5, 5.41) is 21.3. The zero-order valence-corrected chi connectivity index (χ0v) is 13.0. The van der Waals surface area contributed by atoms with Crippen molar-refractivity contribution in [2.45, 2.75) is 0 Å². The Bertz CT molecular complexity index is 993. The monoisotopic (exact) mass is 338 g/mol. The maximum Gasteiger partial charge on any atom is 0.338 e. The summed E-state index contributed by atoms with van der Waals surface area (Å²) in [6.45, 7) is 3.02. The molecule has 8 nitrogen and oxygen atoms in total. The number of carbonyl (C=O) groups excluding carboxylic acids is 1. The van der Waals surface area contributed by atoms with Crippen LogP contribution in [0.2, 0.25) is 0 Å². The van der Waals surface area contributed by atoms with Gasteiger partial charge in [-0.3, -0.25) is 4.79 Å². The molecule has 1 aromatic carbocycles. The fraction of sp³-hybridized carbons (Fsp3) is 0.0588. The second kappa shape index (κ2) is 6.54. The Morgan fingerprint density at radius 3 is 2.80 bits per heavy atom. The molecule has 3 aromatic rings. The predicted octanol–water partition coefficient (Wildman–Crippen LogP) is 1.81. The van der Waals surface area contributed by atoms with Gasteiger partial charge in [0.2, 0.25) is 0 Å². The SMILES string of the molecule is C=C(CO)C(=O)Nc1cccc(-c2ncnc3[nH]cc(C(=O)O)c23)c1. The van der Waals surface area contributed by atoms with E-state index in [2.05, 4.69) is 26.8 Å². The van der Waals surface area contributed by atoms with Crippen LogP contribution in [-0.2, 0) is 4.79 Å². The lowest BCUT2D eigenvalue weighted by molar-refractivity contribution is -0.113. The normalized spacial score (nSPS) is 10.6. The van der Waals surface area contributed by atoms with Gasteiger partial charge in [0.1, 0.15) is 12.0 Å². The second-order valence-corrected chi connectivity index (χ2v) is 5.25. The maximum absolute atomic E-state index is 11.8. The van der Waals surface area contributed by atoms with Gasteiger partial charge in [0, 0.05) is 23.0 Å². The van der Waals surface area contributed by atoms with Gasteiger partial charge in [-0.1, -0.05) is 18.7 Å². The number of aromatic nitrogens is 3. The first kappa shape index (κ1) is 16.3. The zero-order chi connectivity index (χ0) is 18.0. The van der Waals surface area contributed by atoms with E-state index in [1.165, 1.54) is 12.5 Å². The van der Waals surface area contributed by atoms with Gasteiger partial charge in [0.15, 0.2) is 0 Å². The van der Waals surface area contributed by atoms with E-state index in [4.69, 9.17) is 5.11 Å². The smallest absolute Gasteiger partial charge is 0.338 e. The first-order valence-electron chi connectivity index (χ1n) is 7.27. The summed E-state index contributed by atoms with van der Waals surface area (Å²) >= 11 is 0. The highest BCUT2D eigenvalue weighted by Gasteiger charge is 2.17. The third kappa shape index (κ3) is 3.10. The van der Waals surface area contributed by atoms with Crippen LogP contribution in [-0.4, -0.2) is 43.6 Å². The Kier molecular flexibility index (Phi) is 4.27. The molecule has 0 atom stereocenters. The lowest BCUT2D eigenvalue weighted by atomic mass is 10.1. The molecule has 0 bridgehead atoms. The Morgan fingerprint density at radius 1 is 1.28 bits per heavy atom. The molecule has 0 aliphatic rings. The lowest BCUT2D eigenvalue weighted by Crippen LogP contribution is -2.15. The Hall–Kier alpha value is -3.52. The number of carboxylic acids is 1. The van der Waals surface area contributed by atoms with Gasteiger partial charge in [-0.05, 0) is 12.1 Å². The van der Waals surface area contributed by atoms with E-state index >= 15 is 0 Å². The van der Waals surface area contributed by atoms with Crippen molar-refractivity contribution in [1.82, 2.24) is 15.0 Å². The van der Waals surface area contributed by atoms with E-state index < -0.39 is 18.5 Å². The molecule has 126 valence electrons. The van der Waals surface area contributed by atoms with Crippen LogP contribution in [0.1, 0.15) is 10.4 Å². The minimum absolute atomic E-state index is 0.0358. The average Bonchev–Trinajstić information content (AvgIpc) is 3.05. The standard InChI is InChI=1S/C17H14N4O4/c1-9(7-22)16(23)21-11-4-2-3-10(5-11)14-13-12(17(24)25)6-18-15(13)20-8-19-14/h2-6,8,22H,1,7H2,(H,21,23)(H,24,25)(H,18,19,20). The molecule has 0 spiro atoms. The number of benzene rings is 1. The van der Waals surface area contributed by atoms with Crippen LogP contribution in [0, 0.1) is 0 Å². The topological polar surface area (TPSA) is 128 Å². The molecule has 3 rings (SSSR count). The van der Waals surface area contributed by atoms with Crippen molar-refractivity contribution in [3.8, 4) is 11.3 Å². The largest absolute Gasteiger partial charge is 0.478 e. The number of aromatic carboxylic acids is 1. The van der Waals surface area contributed by atoms with Crippen molar-refractivity contribution >= 4 is 28.6 Å². The highest BCUT2D eigenvalue weighted by molar-refractivity contribution is 6.08. The van der Waals surface area contributed by atoms with Gasteiger partial charge in [0.25, 0.3) is 5.91 Å². The number of aliphatic hydroxyl groups excluding tert-OH is 1. The van der Waals surface area contributed by atoms with E-state index in [1.807, 2.05) is 0 Å². The summed E-state index contributed by atoms with van der Waals surface area (Å²) in [5.41, 5.74) is 2.02. The molecule has 25 heavy (non-hydrogen) atoms. The van der Waals surface area contributed by atoms with Crippen LogP contribution in [0.5, 0.6) is 0 Å². The molecule has 0 radical (unpaired) electrons. The van der Waals surface area contributed by atoms with Gasteiger partial charge in [-0.25, -0.2) is 14.8 Å². The maximum atomic E-state index is 11.8. The zero-order valence-electron chi connectivity index (χ0n) is 13.0. The van der Waals surface area contributed by atoms with E-state index in [9.17, 15) is 14.7 Å². The van der Waals surface area contributed by atoms with Gasteiger partial charge in [-0.2, -0.15) is 0 Å². The number of anilines is 1. The quantitative estimate of drug-likeness (QED) is 0.525. The van der Waals surface area contributed by atoms with Gasteiger partial charge >= 0.3 is 5.97 Å². The number of carbonyl (C=O) groups is 2. The van der Waals surface area contributed by atoms with Crippen molar-refractivity contribution < 1.29 is 19.8 Å². The van der Waals surface area contributed by atoms with E-state index in [0.29, 0.717) is 28.0 Å². The van der Waals surface area contributed by atoms with E-state index in [-0.39, 0.29) is 11.1 Å². The van der Waals surface area contributed by atoms with Crippen molar-refractivity contribution in [3.05, 3.63) is 54.5 Å². The second-order valence-electron chi connectivity index (χ2n) is 5.25. The number of H-pyrrole nitrogens is 1. The predicted molar refractivity (Wildman–Crippen MR) is 91.1 cm³/mol. The Labute approximate surface area is 141 Å². The summed E-state index contributed by atoms with van der Waals surface area (Å²) in [6, 6.07) is 6.77. The van der Waals surface area contributed by atoms with Crippen molar-refractivity contribution in [1.29, 1.82) is 0 Å². The third-order valence-electron chi connectivity index (χ3n) is 3.61. The van der Waals surface area contributed by atoms with Crippen LogP contribution < -0.4 is 5.32 Å². The molecular weight excluding hydrogens is 324 g/mol. The molecule has 0 aliphatic heterocycles. The molecule has 8 heteroatoms. The molecule has 2 aromatic heterocycles. The molecule has 0 unspecified atom stereocenters. The van der Waals surface area contributed by atoms with Crippen LogP contribution in [0.25, 0.3) is 22.3 Å². The first-order valence-corrected chi connectivity index (χ1v) is 7.27. The van der Waals surface area contributed by atoms with Crippen LogP contribution in [0.15, 0.2) is 48.9 Å². The van der Waals surface area contributed by atoms with Crippen molar-refractivity contribution in [2.75, 3.05) is 11.9 Å². The Balaban J connectivity index is 2.06. The summed E-state index contributed by atoms with van der Waals surface area (Å²) in [6.07, 6.45) is 2.70. The van der Waals surface area contributed by atoms with Gasteiger partial charge in [0.05, 0.1) is 23.3 Å². The van der Waals surface area contributed by atoms with Crippen LogP contribution in [0.3, 0.4) is 0 Å². The summed E-state index contributed by atoms with van der Waals surface area (Å²) in [7, 11) is 0. The van der Waals surface area contributed by atoms with E-state index in [0.717, 1.165) is 0 Å². The molecule has 4 N–H and O–H groups in total. The van der Waals surface area contributed by atoms with Crippen molar-refractivity contribution in [2.24, 2.45) is 0 Å². The van der Waals surface area contributed by atoms with Gasteiger partial charge in [-0.15, -0.1) is 0 Å². The highest BCUT2D eigenvalue weighted by Crippen LogP contribution is 2.29.